The van der Waals surface area contributed by atoms with Gasteiger partial charge in [0.2, 0.25) is 0 Å². The monoisotopic (exact) mass is 422 g/mol. The van der Waals surface area contributed by atoms with Gasteiger partial charge in [0.25, 0.3) is 0 Å². The number of aromatic carboxylic acids is 1. The number of thioether (sulfide) groups is 1. The lowest BCUT2D eigenvalue weighted by atomic mass is 10.1. The zero-order chi connectivity index (χ0) is 21.7. The number of nitrogens with one attached hydrogen (secondary N) is 1. The molecule has 0 amide bonds. The fourth-order valence-electron chi connectivity index (χ4n) is 3.88. The van der Waals surface area contributed by atoms with Gasteiger partial charge < -0.3 is 15.0 Å². The van der Waals surface area contributed by atoms with Crippen LogP contribution in [-0.4, -0.2) is 28.4 Å². The number of benzene rings is 2. The third-order valence-electron chi connectivity index (χ3n) is 5.76. The Labute approximate surface area is 183 Å². The maximum atomic E-state index is 12.0. The Hall–Kier alpha value is -2.50. The Morgan fingerprint density at radius 3 is 2.37 bits per heavy atom. The van der Waals surface area contributed by atoms with Gasteiger partial charge in [-0.3, -0.25) is 0 Å². The molecule has 0 saturated carbocycles. The smallest absolute Gasteiger partial charge is 0.337 e. The van der Waals surface area contributed by atoms with E-state index in [4.69, 9.17) is 0 Å². The molecule has 5 heteroatoms. The van der Waals surface area contributed by atoms with Crippen molar-refractivity contribution in [2.75, 3.05) is 12.8 Å². The molecule has 0 fully saturated rings. The van der Waals surface area contributed by atoms with Gasteiger partial charge in [0, 0.05) is 34.9 Å². The molecule has 2 aromatic carbocycles. The van der Waals surface area contributed by atoms with E-state index in [-0.39, 0.29) is 0 Å². The Morgan fingerprint density at radius 2 is 1.73 bits per heavy atom. The molecule has 0 spiro atoms. The predicted molar refractivity (Wildman–Crippen MR) is 125 cm³/mol. The molecular weight excluding hydrogens is 392 g/mol. The van der Waals surface area contributed by atoms with Gasteiger partial charge in [0.1, 0.15) is 0 Å². The number of hydrogen-bond acceptors (Lipinski definition) is 3. The van der Waals surface area contributed by atoms with Crippen LogP contribution in [-0.2, 0) is 19.5 Å². The summed E-state index contributed by atoms with van der Waals surface area (Å²) in [5.74, 6) is -0.858. The van der Waals surface area contributed by atoms with Gasteiger partial charge in [-0.15, -0.1) is 11.8 Å². The van der Waals surface area contributed by atoms with Crippen LogP contribution in [0.3, 0.4) is 0 Å². The molecule has 3 rings (SSSR count). The van der Waals surface area contributed by atoms with Gasteiger partial charge in [-0.2, -0.15) is 0 Å². The van der Waals surface area contributed by atoms with E-state index in [0.717, 1.165) is 29.9 Å². The van der Waals surface area contributed by atoms with Crippen LogP contribution in [0.1, 0.15) is 44.0 Å². The first-order chi connectivity index (χ1) is 14.4. The van der Waals surface area contributed by atoms with Crippen LogP contribution < -0.4 is 5.32 Å². The molecule has 0 unspecified atom stereocenters. The normalized spacial score (nSPS) is 11.1. The Balaban J connectivity index is 1.73. The summed E-state index contributed by atoms with van der Waals surface area (Å²) in [5.41, 5.74) is 6.85. The molecule has 1 aromatic heterocycles. The van der Waals surface area contributed by atoms with Crippen molar-refractivity contribution >= 4 is 17.7 Å². The van der Waals surface area contributed by atoms with Crippen molar-refractivity contribution in [2.24, 2.45) is 0 Å². The highest BCUT2D eigenvalue weighted by molar-refractivity contribution is 7.98. The van der Waals surface area contributed by atoms with Crippen LogP contribution in [0.15, 0.2) is 53.4 Å². The largest absolute Gasteiger partial charge is 0.478 e. The molecule has 0 bridgehead atoms. The van der Waals surface area contributed by atoms with Crippen molar-refractivity contribution in [2.45, 2.75) is 45.2 Å². The number of nitrogens with zero attached hydrogens (tertiary/aromatic N) is 1. The maximum Gasteiger partial charge on any atom is 0.337 e. The minimum atomic E-state index is -0.858. The third-order valence-corrected chi connectivity index (χ3v) is 6.51. The van der Waals surface area contributed by atoms with Crippen LogP contribution in [0.2, 0.25) is 0 Å². The number of carboxylic acids is 1. The first-order valence-electron chi connectivity index (χ1n) is 10.2. The number of carbonyl (C=O) groups is 1. The van der Waals surface area contributed by atoms with Crippen LogP contribution in [0.25, 0.3) is 0 Å². The summed E-state index contributed by atoms with van der Waals surface area (Å²) in [6.45, 7) is 8.07. The summed E-state index contributed by atoms with van der Waals surface area (Å²) in [7, 11) is 0. The molecule has 30 heavy (non-hydrogen) atoms. The fourth-order valence-corrected chi connectivity index (χ4v) is 4.29. The molecule has 0 saturated heterocycles. The quantitative estimate of drug-likeness (QED) is 0.367. The first-order valence-corrected chi connectivity index (χ1v) is 11.4. The van der Waals surface area contributed by atoms with Crippen LogP contribution in [0.5, 0.6) is 0 Å². The molecule has 0 atom stereocenters. The summed E-state index contributed by atoms with van der Waals surface area (Å²) in [6.07, 6.45) is 2.99. The van der Waals surface area contributed by atoms with E-state index in [1.54, 1.807) is 11.8 Å². The zero-order valence-corrected chi connectivity index (χ0v) is 19.0. The van der Waals surface area contributed by atoms with E-state index >= 15 is 0 Å². The Bertz CT molecular complexity index is 1020. The number of rotatable bonds is 9. The second kappa shape index (κ2) is 10.0. The summed E-state index contributed by atoms with van der Waals surface area (Å²) in [5, 5.41) is 13.3. The topological polar surface area (TPSA) is 54.3 Å². The SMILES string of the molecule is CSc1ccc(CCNCc2c(C(=O)O)c(C)n(Cc3ccccc3C)c2C)cc1. The lowest BCUT2D eigenvalue weighted by Crippen LogP contribution is -2.18. The Kier molecular flexibility index (Phi) is 7.40. The number of aromatic nitrogens is 1. The lowest BCUT2D eigenvalue weighted by molar-refractivity contribution is 0.0694. The van der Waals surface area contributed by atoms with Crippen molar-refractivity contribution in [1.29, 1.82) is 0 Å². The fraction of sp³-hybridized carbons (Fsp3) is 0.320. The molecule has 4 nitrogen and oxygen atoms in total. The highest BCUT2D eigenvalue weighted by Crippen LogP contribution is 2.24. The molecule has 0 radical (unpaired) electrons. The van der Waals surface area contributed by atoms with Crippen molar-refractivity contribution in [3.05, 3.63) is 87.7 Å². The van der Waals surface area contributed by atoms with Gasteiger partial charge in [-0.1, -0.05) is 36.4 Å². The molecule has 158 valence electrons. The first kappa shape index (κ1) is 22.2. The van der Waals surface area contributed by atoms with Crippen LogP contribution >= 0.6 is 11.8 Å². The van der Waals surface area contributed by atoms with Gasteiger partial charge in [-0.05, 0) is 68.8 Å². The second-order valence-electron chi connectivity index (χ2n) is 7.62. The number of aryl methyl sites for hydroxylation is 1. The van der Waals surface area contributed by atoms with Gasteiger partial charge in [-0.25, -0.2) is 4.79 Å². The predicted octanol–water partition coefficient (Wildman–Crippen LogP) is 5.21. The zero-order valence-electron chi connectivity index (χ0n) is 18.2. The summed E-state index contributed by atoms with van der Waals surface area (Å²) in [4.78, 5) is 13.3. The van der Waals surface area contributed by atoms with Crippen molar-refractivity contribution < 1.29 is 9.90 Å². The summed E-state index contributed by atoms with van der Waals surface area (Å²) < 4.78 is 2.13. The van der Waals surface area contributed by atoms with Crippen LogP contribution in [0.4, 0.5) is 0 Å². The number of carboxylic acid groups (broad SMARTS) is 1. The van der Waals surface area contributed by atoms with E-state index in [1.807, 2.05) is 26.0 Å². The summed E-state index contributed by atoms with van der Waals surface area (Å²) in [6, 6.07) is 16.9. The van der Waals surface area contributed by atoms with Gasteiger partial charge in [0.15, 0.2) is 0 Å². The number of hydrogen-bond donors (Lipinski definition) is 2. The maximum absolute atomic E-state index is 12.0. The van der Waals surface area contributed by atoms with Gasteiger partial charge >= 0.3 is 5.97 Å². The van der Waals surface area contributed by atoms with E-state index in [2.05, 4.69) is 59.5 Å². The molecule has 2 N–H and O–H groups in total. The minimum absolute atomic E-state index is 0.429. The average molecular weight is 423 g/mol. The van der Waals surface area contributed by atoms with E-state index in [0.29, 0.717) is 18.7 Å². The van der Waals surface area contributed by atoms with Crippen LogP contribution in [0, 0.1) is 20.8 Å². The standard InChI is InChI=1S/C25H30N2O2S/c1-17-7-5-6-8-21(17)16-27-18(2)23(24(19(27)3)25(28)29)15-26-14-13-20-9-11-22(30-4)12-10-20/h5-12,26H,13-16H2,1-4H3,(H,28,29). The second-order valence-corrected chi connectivity index (χ2v) is 8.50. The molecule has 1 heterocycles. The molecule has 0 aliphatic rings. The van der Waals surface area contributed by atoms with Crippen molar-refractivity contribution in [1.82, 2.24) is 9.88 Å². The molecule has 0 aliphatic carbocycles. The molecule has 0 aliphatic heterocycles. The average Bonchev–Trinajstić information content (AvgIpc) is 2.97. The molecule has 3 aromatic rings. The third kappa shape index (κ3) is 4.97. The molecular formula is C25H30N2O2S. The van der Waals surface area contributed by atoms with Crippen molar-refractivity contribution in [3.8, 4) is 0 Å². The highest BCUT2D eigenvalue weighted by atomic mass is 32.2. The van der Waals surface area contributed by atoms with E-state index in [9.17, 15) is 9.90 Å². The highest BCUT2D eigenvalue weighted by Gasteiger charge is 2.22. The summed E-state index contributed by atoms with van der Waals surface area (Å²) >= 11 is 1.74. The van der Waals surface area contributed by atoms with Crippen molar-refractivity contribution in [3.63, 3.8) is 0 Å². The van der Waals surface area contributed by atoms with Gasteiger partial charge in [0.05, 0.1) is 5.56 Å². The minimum Gasteiger partial charge on any atom is -0.478 e. The van der Waals surface area contributed by atoms with E-state index < -0.39 is 5.97 Å². The van der Waals surface area contributed by atoms with E-state index in [1.165, 1.54) is 21.6 Å². The lowest BCUT2D eigenvalue weighted by Gasteiger charge is -2.12. The Morgan fingerprint density at radius 1 is 1.03 bits per heavy atom.